The van der Waals surface area contributed by atoms with Crippen molar-refractivity contribution in [2.24, 2.45) is 0 Å². The number of aliphatic hydroxyl groups excluding tert-OH is 13. The summed E-state index contributed by atoms with van der Waals surface area (Å²) in [5.41, 5.74) is 0.442. The van der Waals surface area contributed by atoms with Crippen molar-refractivity contribution in [3.63, 3.8) is 0 Å². The van der Waals surface area contributed by atoms with Gasteiger partial charge in [-0.25, -0.2) is 14.4 Å². The molecule has 91 heavy (non-hydrogen) atoms. The number of methoxy groups -OCH3 is 1. The average Bonchev–Trinajstić information content (AvgIpc) is 1.72. The zero-order valence-corrected chi connectivity index (χ0v) is 48.3. The lowest BCUT2D eigenvalue weighted by Crippen LogP contribution is -2.69. The molecule has 0 bridgehead atoms. The van der Waals surface area contributed by atoms with E-state index in [9.17, 15) is 95.8 Å². The lowest BCUT2D eigenvalue weighted by atomic mass is 9.95. The van der Waals surface area contributed by atoms with Gasteiger partial charge in [-0.1, -0.05) is 36.4 Å². The molecule has 33 heteroatoms. The van der Waals surface area contributed by atoms with Gasteiger partial charge >= 0.3 is 23.9 Å². The van der Waals surface area contributed by atoms with Gasteiger partial charge in [0.15, 0.2) is 48.9 Å². The maximum Gasteiger partial charge on any atom is 0.338 e. The van der Waals surface area contributed by atoms with Crippen molar-refractivity contribution in [1.29, 1.82) is 0 Å². The summed E-state index contributed by atoms with van der Waals surface area (Å²) >= 11 is 0. The molecule has 3 aromatic carbocycles. The van der Waals surface area contributed by atoms with Crippen LogP contribution in [0.3, 0.4) is 0 Å². The summed E-state index contributed by atoms with van der Waals surface area (Å²) in [6.07, 6.45) is -44.7. The van der Waals surface area contributed by atoms with E-state index >= 15 is 0 Å². The zero-order chi connectivity index (χ0) is 66.0. The van der Waals surface area contributed by atoms with E-state index in [-0.39, 0.29) is 28.4 Å². The minimum atomic E-state index is -2.99. The molecule has 24 atom stereocenters. The molecule has 8 rings (SSSR count). The Morgan fingerprint density at radius 2 is 1.04 bits per heavy atom. The van der Waals surface area contributed by atoms with E-state index in [1.165, 1.54) is 86.0 Å². The van der Waals surface area contributed by atoms with Gasteiger partial charge in [-0.05, 0) is 59.7 Å². The van der Waals surface area contributed by atoms with Gasteiger partial charge in [0, 0.05) is 19.1 Å². The number of rotatable bonds is 24. The number of hydrogen-bond acceptors (Lipinski definition) is 33. The quantitative estimate of drug-likeness (QED) is 0.0226. The predicted octanol–water partition coefficient (Wildman–Crippen LogP) is -5.54. The summed E-state index contributed by atoms with van der Waals surface area (Å²) < 4.78 is 83.1. The average molecular weight is 1300 g/mol. The first kappa shape index (κ1) is 70.4. The third kappa shape index (κ3) is 16.5. The van der Waals surface area contributed by atoms with E-state index < -0.39 is 210 Å². The molecule has 5 saturated heterocycles. The van der Waals surface area contributed by atoms with Gasteiger partial charge in [0.1, 0.15) is 123 Å². The number of phenols is 2. The van der Waals surface area contributed by atoms with Crippen LogP contribution in [-0.4, -0.2) is 294 Å². The van der Waals surface area contributed by atoms with Crippen LogP contribution in [-0.2, 0) is 76.0 Å². The highest BCUT2D eigenvalue weighted by atomic mass is 16.8. The number of aromatic hydroxyl groups is 2. The number of carbonyl (C=O) groups is 4. The smallest absolute Gasteiger partial charge is 0.338 e. The van der Waals surface area contributed by atoms with E-state index in [1.807, 2.05) is 0 Å². The molecule has 0 spiro atoms. The summed E-state index contributed by atoms with van der Waals surface area (Å²) in [4.78, 5) is 54.9. The molecular weight excluding hydrogens is 1220 g/mol. The highest BCUT2D eigenvalue weighted by molar-refractivity contribution is 5.90. The summed E-state index contributed by atoms with van der Waals surface area (Å²) in [6.45, 7) is -5.56. The van der Waals surface area contributed by atoms with Crippen LogP contribution < -0.4 is 4.74 Å². The van der Waals surface area contributed by atoms with E-state index in [0.717, 1.165) is 19.1 Å². The Bertz CT molecular complexity index is 2930. The second-order valence-corrected chi connectivity index (χ2v) is 21.4. The second kappa shape index (κ2) is 31.4. The van der Waals surface area contributed by atoms with Gasteiger partial charge in [-0.2, -0.15) is 0 Å². The molecule has 0 unspecified atom stereocenters. The van der Waals surface area contributed by atoms with Crippen LogP contribution in [0.25, 0.3) is 12.2 Å². The number of benzene rings is 3. The van der Waals surface area contributed by atoms with Gasteiger partial charge in [0.05, 0.1) is 39.1 Å². The van der Waals surface area contributed by atoms with Crippen LogP contribution in [0, 0.1) is 0 Å². The number of esters is 4. The molecule has 33 nitrogen and oxygen atoms in total. The minimum Gasteiger partial charge on any atom is -0.508 e. The van der Waals surface area contributed by atoms with Crippen molar-refractivity contribution in [2.75, 3.05) is 46.8 Å². The molecule has 0 aliphatic carbocycles. The first-order chi connectivity index (χ1) is 43.4. The van der Waals surface area contributed by atoms with Crippen LogP contribution in [0.2, 0.25) is 0 Å². The third-order valence-electron chi connectivity index (χ3n) is 15.2. The van der Waals surface area contributed by atoms with Crippen LogP contribution in [0.4, 0.5) is 0 Å². The van der Waals surface area contributed by atoms with Crippen LogP contribution >= 0.6 is 0 Å². The fourth-order valence-corrected chi connectivity index (χ4v) is 10.4. The van der Waals surface area contributed by atoms with Gasteiger partial charge in [0.2, 0.25) is 5.79 Å². The van der Waals surface area contributed by atoms with Crippen molar-refractivity contribution in [3.05, 3.63) is 102 Å². The molecule has 0 saturated carbocycles. The molecule has 5 aliphatic rings. The Hall–Kier alpha value is -6.46. The Morgan fingerprint density at radius 3 is 1.63 bits per heavy atom. The number of hydrogen-bond donors (Lipinski definition) is 15. The molecule has 3 aromatic rings. The third-order valence-corrected chi connectivity index (χ3v) is 15.2. The number of ether oxygens (including phenoxy) is 14. The maximum absolute atomic E-state index is 14.2. The molecule has 0 amide bonds. The van der Waals surface area contributed by atoms with Crippen LogP contribution in [0.15, 0.2) is 84.9 Å². The van der Waals surface area contributed by atoms with Crippen LogP contribution in [0.5, 0.6) is 17.2 Å². The molecule has 0 radical (unpaired) electrons. The molecule has 5 aliphatic heterocycles. The first-order valence-electron chi connectivity index (χ1n) is 28.2. The normalized spacial score (nSPS) is 36.8. The molecule has 0 aromatic heterocycles. The number of carbonyl (C=O) groups excluding carboxylic acids is 4. The minimum absolute atomic E-state index is 0.0122. The lowest BCUT2D eigenvalue weighted by molar-refractivity contribution is -0.423. The molecular formula is C58H72O33. The van der Waals surface area contributed by atoms with Crippen molar-refractivity contribution in [1.82, 2.24) is 0 Å². The fourth-order valence-electron chi connectivity index (χ4n) is 10.4. The highest BCUT2D eigenvalue weighted by Crippen LogP contribution is 2.43. The second-order valence-electron chi connectivity index (χ2n) is 21.4. The summed E-state index contributed by atoms with van der Waals surface area (Å²) in [7, 11) is 1.27. The highest BCUT2D eigenvalue weighted by Gasteiger charge is 2.64. The number of aliphatic hydroxyl groups is 13. The number of phenolic OH excluding ortho intramolecular Hbond substituents is 2. The van der Waals surface area contributed by atoms with Crippen molar-refractivity contribution >= 4 is 36.0 Å². The lowest BCUT2D eigenvalue weighted by Gasteiger charge is -2.51. The van der Waals surface area contributed by atoms with Crippen molar-refractivity contribution < 1.29 is 162 Å². The van der Waals surface area contributed by atoms with Gasteiger partial charge < -0.3 is 143 Å². The SMILES string of the molecule is COc1cc(/C=C/C(=O)OC[C@]2(O[C@@H]3O[C@@H](COC(C)=O)[C@@H](OC(=O)/C=C/c4ccc(O)cc4)[C@@H](O[C@@H]4O[C@H](CO)[C@H](O[C@@H]5O[C@@H](CO)[C@H](O)[C@@H](O)[C@@H]5O)[C@@H](O)[C@H]4O)[C@@H]3O[C@@H]3O[C@H](CO)[C@@H](O)[C@H](O)[C@@H]3O)O[C@@H](CO)[C@@H](O)[C@H]2OC(=O)c2ccccc2)ccc1O. The topological polar surface area (TPSA) is 501 Å². The molecule has 5 heterocycles. The van der Waals surface area contributed by atoms with E-state index in [2.05, 4.69) is 0 Å². The van der Waals surface area contributed by atoms with Gasteiger partial charge in [-0.15, -0.1) is 0 Å². The van der Waals surface area contributed by atoms with E-state index in [1.54, 1.807) is 6.07 Å². The van der Waals surface area contributed by atoms with Crippen LogP contribution in [0.1, 0.15) is 28.4 Å². The van der Waals surface area contributed by atoms with Crippen molar-refractivity contribution in [3.8, 4) is 17.2 Å². The summed E-state index contributed by atoms with van der Waals surface area (Å²) in [5.74, 6) is -8.08. The standard InChI is InChI=1S/C58H72O33/c1-25(63)79-23-36-49(85-38(67)17-11-26-8-13-29(64)14-9-26)50(87-56-47(76)44(73)48(35(22-62)83-56)86-54-45(74)42(71)39(68)32(19-59)81-54)51(88-55-46(75)43(72)40(69)33(20-60)82-55)57(84-36)91-58(24-80-37(66)16-12-27-10-15-30(65)31(18-27)78-2)52(41(70)34(21-61)90-58)89-53(77)28-6-4-3-5-7-28/h3-18,32-36,39-52,54-57,59-62,64-65,68-76H,19-24H2,1-2H3/b16-12+,17-11+/t32-,33+,34-,35+,36-,39-,40+,41+,42+,43-,44-,45-,46-,47+,48-,49+,50+,51-,52+,54-,55-,56-,57-,58+/m0/s1. The van der Waals surface area contributed by atoms with Gasteiger partial charge in [-0.3, -0.25) is 4.79 Å². The summed E-state index contributed by atoms with van der Waals surface area (Å²) in [5, 5.41) is 163. The Labute approximate surface area is 516 Å². The monoisotopic (exact) mass is 1300 g/mol. The Balaban J connectivity index is 1.26. The van der Waals surface area contributed by atoms with Crippen molar-refractivity contribution in [2.45, 2.75) is 154 Å². The first-order valence-corrected chi connectivity index (χ1v) is 28.2. The Kier molecular flexibility index (Phi) is 24.3. The molecule has 502 valence electrons. The Morgan fingerprint density at radius 1 is 0.516 bits per heavy atom. The summed E-state index contributed by atoms with van der Waals surface area (Å²) in [6, 6.07) is 16.4. The molecule has 5 fully saturated rings. The predicted molar refractivity (Wildman–Crippen MR) is 294 cm³/mol. The van der Waals surface area contributed by atoms with E-state index in [0.29, 0.717) is 5.56 Å². The zero-order valence-electron chi connectivity index (χ0n) is 48.3. The molecule has 15 N–H and O–H groups in total. The largest absolute Gasteiger partial charge is 0.508 e. The van der Waals surface area contributed by atoms with Gasteiger partial charge in [0.25, 0.3) is 0 Å². The maximum atomic E-state index is 14.2. The van der Waals surface area contributed by atoms with E-state index in [4.69, 9.17) is 66.3 Å². The fraction of sp³-hybridized carbons (Fsp3) is 0.552.